The van der Waals surface area contributed by atoms with E-state index in [1.54, 1.807) is 18.0 Å². The monoisotopic (exact) mass is 438 g/mol. The van der Waals surface area contributed by atoms with E-state index in [2.05, 4.69) is 22.0 Å². The fraction of sp³-hybridized carbons (Fsp3) is 0.400. The average molecular weight is 439 g/mol. The van der Waals surface area contributed by atoms with Crippen LogP contribution in [0.1, 0.15) is 30.4 Å². The predicted octanol–water partition coefficient (Wildman–Crippen LogP) is 4.34. The second kappa shape index (κ2) is 9.57. The summed E-state index contributed by atoms with van der Waals surface area (Å²) in [4.78, 5) is 7.81. The molecule has 3 aromatic rings. The maximum Gasteiger partial charge on any atom is 0.198 e. The van der Waals surface area contributed by atoms with E-state index in [0.29, 0.717) is 19.3 Å². The zero-order chi connectivity index (χ0) is 21.8. The van der Waals surface area contributed by atoms with Gasteiger partial charge in [0.05, 0.1) is 5.60 Å². The van der Waals surface area contributed by atoms with Crippen molar-refractivity contribution in [2.45, 2.75) is 43.0 Å². The maximum atomic E-state index is 11.4. The number of aryl methyl sites for hydroxylation is 1. The summed E-state index contributed by atoms with van der Waals surface area (Å²) >= 11 is 1.69. The van der Waals surface area contributed by atoms with E-state index in [1.807, 2.05) is 49.7 Å². The number of aromatic nitrogens is 1. The van der Waals surface area contributed by atoms with Crippen molar-refractivity contribution in [3.05, 3.63) is 66.0 Å². The van der Waals surface area contributed by atoms with Gasteiger partial charge in [0.25, 0.3) is 0 Å². The van der Waals surface area contributed by atoms with Gasteiger partial charge < -0.3 is 19.8 Å². The Morgan fingerprint density at radius 3 is 2.68 bits per heavy atom. The minimum absolute atomic E-state index is 0.526. The summed E-state index contributed by atoms with van der Waals surface area (Å²) in [6, 6.07) is 14.1. The molecule has 4 rings (SSSR count). The molecule has 0 amide bonds. The Bertz CT molecular complexity index is 1030. The Labute approximate surface area is 188 Å². The summed E-state index contributed by atoms with van der Waals surface area (Å²) in [5.74, 6) is 0.724. The van der Waals surface area contributed by atoms with Crippen molar-refractivity contribution in [3.8, 4) is 5.75 Å². The van der Waals surface area contributed by atoms with Crippen molar-refractivity contribution < 1.29 is 14.9 Å². The van der Waals surface area contributed by atoms with Crippen molar-refractivity contribution in [1.82, 2.24) is 9.88 Å². The summed E-state index contributed by atoms with van der Waals surface area (Å²) in [6.07, 6.45) is 6.67. The Hall–Kier alpha value is -2.12. The molecular formula is C25H30N2O3S. The van der Waals surface area contributed by atoms with Crippen molar-refractivity contribution in [2.24, 2.45) is 0 Å². The number of likely N-dealkylation sites (tertiary alicyclic amines) is 1. The van der Waals surface area contributed by atoms with Crippen molar-refractivity contribution in [2.75, 3.05) is 25.9 Å². The van der Waals surface area contributed by atoms with Crippen LogP contribution in [0.2, 0.25) is 0 Å². The zero-order valence-corrected chi connectivity index (χ0v) is 18.9. The van der Waals surface area contributed by atoms with Gasteiger partial charge in [0.1, 0.15) is 5.75 Å². The number of pyridine rings is 1. The van der Waals surface area contributed by atoms with E-state index in [9.17, 15) is 10.2 Å². The van der Waals surface area contributed by atoms with Crippen LogP contribution >= 0.6 is 11.8 Å². The molecule has 6 heteroatoms. The van der Waals surface area contributed by atoms with Crippen LogP contribution in [0.15, 0.2) is 59.8 Å². The van der Waals surface area contributed by atoms with Crippen LogP contribution in [0.5, 0.6) is 5.75 Å². The first-order valence-corrected chi connectivity index (χ1v) is 12.0. The van der Waals surface area contributed by atoms with E-state index in [0.717, 1.165) is 47.3 Å². The number of benzene rings is 2. The highest BCUT2D eigenvalue weighted by molar-refractivity contribution is 7.98. The molecule has 0 saturated carbocycles. The number of fused-ring (bicyclic) bond motifs is 1. The summed E-state index contributed by atoms with van der Waals surface area (Å²) in [5, 5.41) is 23.9. The molecule has 1 fully saturated rings. The van der Waals surface area contributed by atoms with Crippen LogP contribution in [-0.2, 0) is 5.60 Å². The number of thioether (sulfide) groups is 1. The lowest BCUT2D eigenvalue weighted by Crippen LogP contribution is -2.43. The molecule has 0 spiro atoms. The number of nitrogens with zero attached hydrogens (tertiary/aromatic N) is 2. The minimum atomic E-state index is -0.865. The van der Waals surface area contributed by atoms with E-state index in [1.165, 1.54) is 4.90 Å². The Morgan fingerprint density at radius 2 is 1.94 bits per heavy atom. The zero-order valence-electron chi connectivity index (χ0n) is 18.1. The lowest BCUT2D eigenvalue weighted by atomic mass is 9.83. The quantitative estimate of drug-likeness (QED) is 0.423. The second-order valence-corrected chi connectivity index (χ2v) is 9.15. The number of ether oxygens (including phenoxy) is 1. The van der Waals surface area contributed by atoms with Gasteiger partial charge in [0.2, 0.25) is 0 Å². The number of hydrogen-bond donors (Lipinski definition) is 2. The molecule has 1 aromatic heterocycles. The Balaban J connectivity index is 1.32. The molecular weight excluding hydrogens is 408 g/mol. The molecule has 1 saturated heterocycles. The van der Waals surface area contributed by atoms with Crippen molar-refractivity contribution >= 4 is 22.5 Å². The van der Waals surface area contributed by atoms with Crippen LogP contribution in [-0.4, -0.2) is 52.3 Å². The normalized spacial score (nSPS) is 17.5. The largest absolute Gasteiger partial charge is 0.465 e. The molecule has 1 aliphatic heterocycles. The van der Waals surface area contributed by atoms with Gasteiger partial charge in [-0.25, -0.2) is 0 Å². The fourth-order valence-electron chi connectivity index (χ4n) is 4.28. The number of rotatable bonds is 7. The molecule has 1 aliphatic rings. The first-order chi connectivity index (χ1) is 15.0. The van der Waals surface area contributed by atoms with Crippen LogP contribution in [0.3, 0.4) is 0 Å². The molecule has 0 aliphatic carbocycles. The SMILES string of the molecule is CSc1ccc(OC(O)CCN2CCC(O)(c3cncc4ccccc34)CC2)c(C)c1. The number of hydrogen-bond acceptors (Lipinski definition) is 6. The summed E-state index contributed by atoms with van der Waals surface area (Å²) in [7, 11) is 0. The van der Waals surface area contributed by atoms with E-state index >= 15 is 0 Å². The predicted molar refractivity (Wildman–Crippen MR) is 126 cm³/mol. The van der Waals surface area contributed by atoms with Gasteiger partial charge in [-0.3, -0.25) is 4.98 Å². The molecule has 0 bridgehead atoms. The highest BCUT2D eigenvalue weighted by Gasteiger charge is 2.35. The third-order valence-electron chi connectivity index (χ3n) is 6.19. The van der Waals surface area contributed by atoms with Crippen LogP contribution in [0.4, 0.5) is 0 Å². The van der Waals surface area contributed by atoms with E-state index in [4.69, 9.17) is 4.74 Å². The van der Waals surface area contributed by atoms with Gasteiger partial charge in [-0.1, -0.05) is 24.3 Å². The Morgan fingerprint density at radius 1 is 1.16 bits per heavy atom. The van der Waals surface area contributed by atoms with Gasteiger partial charge in [-0.2, -0.15) is 0 Å². The van der Waals surface area contributed by atoms with Gasteiger partial charge >= 0.3 is 0 Å². The van der Waals surface area contributed by atoms with Crippen LogP contribution in [0.25, 0.3) is 10.8 Å². The smallest absolute Gasteiger partial charge is 0.198 e. The molecule has 2 heterocycles. The van der Waals surface area contributed by atoms with E-state index in [-0.39, 0.29) is 0 Å². The van der Waals surface area contributed by atoms with Gasteiger partial charge in [0.15, 0.2) is 6.29 Å². The standard InChI is InChI=1S/C25H30N2O3S/c1-18-15-20(31-2)7-8-23(18)30-24(28)9-12-27-13-10-25(29,11-14-27)22-17-26-16-19-5-3-4-6-21(19)22/h3-8,15-17,24,28-29H,9-14H2,1-2H3. The Kier molecular flexibility index (Phi) is 6.82. The summed E-state index contributed by atoms with van der Waals surface area (Å²) in [5.41, 5.74) is 1.07. The van der Waals surface area contributed by atoms with Crippen molar-refractivity contribution in [1.29, 1.82) is 0 Å². The lowest BCUT2D eigenvalue weighted by molar-refractivity contribution is -0.0474. The van der Waals surface area contributed by atoms with E-state index < -0.39 is 11.9 Å². The van der Waals surface area contributed by atoms with Crippen LogP contribution in [0, 0.1) is 6.92 Å². The minimum Gasteiger partial charge on any atom is -0.465 e. The molecule has 0 radical (unpaired) electrons. The second-order valence-electron chi connectivity index (χ2n) is 8.27. The molecule has 2 N–H and O–H groups in total. The third-order valence-corrected chi connectivity index (χ3v) is 6.92. The topological polar surface area (TPSA) is 65.8 Å². The third kappa shape index (κ3) is 5.04. The molecule has 164 valence electrons. The highest BCUT2D eigenvalue weighted by Crippen LogP contribution is 2.36. The van der Waals surface area contributed by atoms with Gasteiger partial charge in [-0.05, 0) is 55.2 Å². The highest BCUT2D eigenvalue weighted by atomic mass is 32.2. The summed E-state index contributed by atoms with van der Waals surface area (Å²) in [6.45, 7) is 4.27. The summed E-state index contributed by atoms with van der Waals surface area (Å²) < 4.78 is 5.76. The molecule has 2 aromatic carbocycles. The number of aliphatic hydroxyl groups excluding tert-OH is 1. The van der Waals surface area contributed by atoms with Gasteiger partial charge in [-0.15, -0.1) is 11.8 Å². The number of piperidine rings is 1. The van der Waals surface area contributed by atoms with Crippen molar-refractivity contribution in [3.63, 3.8) is 0 Å². The lowest BCUT2D eigenvalue weighted by Gasteiger charge is -2.39. The average Bonchev–Trinajstić information content (AvgIpc) is 2.79. The van der Waals surface area contributed by atoms with Crippen LogP contribution < -0.4 is 4.74 Å². The molecule has 5 nitrogen and oxygen atoms in total. The maximum absolute atomic E-state index is 11.4. The molecule has 31 heavy (non-hydrogen) atoms. The first-order valence-electron chi connectivity index (χ1n) is 10.8. The number of aliphatic hydroxyl groups is 2. The molecule has 1 atom stereocenters. The molecule has 1 unspecified atom stereocenters. The van der Waals surface area contributed by atoms with Gasteiger partial charge in [0, 0.05) is 54.3 Å². The first kappa shape index (κ1) is 22.1. The fourth-order valence-corrected chi connectivity index (χ4v) is 4.78.